The summed E-state index contributed by atoms with van der Waals surface area (Å²) >= 11 is 0. The Balaban J connectivity index is 1.47. The number of alkyl halides is 2. The van der Waals surface area contributed by atoms with Crippen molar-refractivity contribution in [2.75, 3.05) is 30.3 Å². The van der Waals surface area contributed by atoms with Gasteiger partial charge in [0, 0.05) is 56.2 Å². The van der Waals surface area contributed by atoms with Crippen molar-refractivity contribution in [1.82, 2.24) is 19.9 Å². The molecule has 5 rings (SSSR count). The summed E-state index contributed by atoms with van der Waals surface area (Å²) in [5.74, 6) is 2.12. The maximum Gasteiger partial charge on any atom is 0.387 e. The Morgan fingerprint density at radius 2 is 2.03 bits per heavy atom. The van der Waals surface area contributed by atoms with Crippen LogP contribution in [0, 0.1) is 5.92 Å². The molecule has 158 valence electrons. The molecule has 0 bridgehead atoms. The number of ether oxygens (including phenoxy) is 1. The number of nitrogens with two attached hydrogens (primary N) is 1. The molecule has 1 saturated carbocycles. The molecule has 3 fully saturated rings. The Morgan fingerprint density at radius 3 is 2.73 bits per heavy atom. The molecule has 1 aliphatic carbocycles. The van der Waals surface area contributed by atoms with Crippen molar-refractivity contribution in [3.05, 3.63) is 24.2 Å². The zero-order chi connectivity index (χ0) is 21.0. The Hall–Kier alpha value is -3.04. The molecule has 10 heteroatoms. The van der Waals surface area contributed by atoms with Gasteiger partial charge in [-0.3, -0.25) is 4.79 Å². The number of carbonyl (C=O) groups excluding carboxylic acids is 1. The Kier molecular flexibility index (Phi) is 4.44. The number of likely N-dealkylation sites (tertiary alicyclic amines) is 1. The molecule has 30 heavy (non-hydrogen) atoms. The third kappa shape index (κ3) is 3.40. The van der Waals surface area contributed by atoms with Crippen molar-refractivity contribution in [2.24, 2.45) is 5.92 Å². The van der Waals surface area contributed by atoms with Crippen LogP contribution in [0.5, 0.6) is 5.75 Å². The maximum atomic E-state index is 12.7. The van der Waals surface area contributed by atoms with Gasteiger partial charge in [0.2, 0.25) is 5.91 Å². The van der Waals surface area contributed by atoms with Crippen molar-refractivity contribution < 1.29 is 18.3 Å². The van der Waals surface area contributed by atoms with Crippen LogP contribution < -0.4 is 15.4 Å². The number of halogens is 2. The number of carbonyl (C=O) groups is 1. The summed E-state index contributed by atoms with van der Waals surface area (Å²) in [5, 5.41) is 0. The Bertz CT molecular complexity index is 999. The highest BCUT2D eigenvalue weighted by Crippen LogP contribution is 2.41. The second-order valence-electron chi connectivity index (χ2n) is 8.13. The van der Waals surface area contributed by atoms with E-state index in [4.69, 9.17) is 10.7 Å². The summed E-state index contributed by atoms with van der Waals surface area (Å²) in [7, 11) is 0. The maximum absolute atomic E-state index is 12.7. The molecule has 2 atom stereocenters. The average molecular weight is 416 g/mol. The topological polar surface area (TPSA) is 97.5 Å². The van der Waals surface area contributed by atoms with E-state index in [9.17, 15) is 13.6 Å². The summed E-state index contributed by atoms with van der Waals surface area (Å²) in [6.07, 6.45) is 3.57. The summed E-state index contributed by atoms with van der Waals surface area (Å²) in [6.45, 7) is 0.941. The predicted octanol–water partition coefficient (Wildman–Crippen LogP) is 2.27. The highest BCUT2D eigenvalue weighted by atomic mass is 19.3. The quantitative estimate of drug-likeness (QED) is 0.798. The molecule has 2 saturated heterocycles. The number of amides is 1. The van der Waals surface area contributed by atoms with E-state index in [1.807, 2.05) is 11.0 Å². The van der Waals surface area contributed by atoms with Crippen LogP contribution in [0.4, 0.5) is 20.4 Å². The van der Waals surface area contributed by atoms with Crippen molar-refractivity contribution in [1.29, 1.82) is 0 Å². The first-order valence-corrected chi connectivity index (χ1v) is 10.0. The van der Waals surface area contributed by atoms with Gasteiger partial charge in [-0.2, -0.15) is 8.78 Å². The molecule has 3 aliphatic rings. The van der Waals surface area contributed by atoms with Crippen LogP contribution in [-0.2, 0) is 4.79 Å². The standard InChI is InChI=1S/C20H22F2N6O2/c1-10(29)28-8-13-7-27(9-15(13)28)17-5-14(25-19(26-17)11-2-3-11)12-4-16(30-20(21)22)18(23)24-6-12/h4-6,11,13,15,20H,2-3,7-9H2,1H3,(H2,23,24). The molecule has 0 aromatic carbocycles. The number of nitrogens with zero attached hydrogens (tertiary/aromatic N) is 5. The largest absolute Gasteiger partial charge is 0.431 e. The lowest BCUT2D eigenvalue weighted by Crippen LogP contribution is -2.57. The first-order valence-electron chi connectivity index (χ1n) is 10.0. The van der Waals surface area contributed by atoms with Crippen LogP contribution in [0.25, 0.3) is 11.3 Å². The number of hydrogen-bond donors (Lipinski definition) is 1. The van der Waals surface area contributed by atoms with Gasteiger partial charge in [0.05, 0.1) is 11.7 Å². The van der Waals surface area contributed by atoms with Crippen LogP contribution in [0.15, 0.2) is 18.3 Å². The fraction of sp³-hybridized carbons (Fsp3) is 0.500. The smallest absolute Gasteiger partial charge is 0.387 e. The highest BCUT2D eigenvalue weighted by Gasteiger charge is 2.47. The first-order chi connectivity index (χ1) is 14.4. The number of hydrogen-bond acceptors (Lipinski definition) is 7. The zero-order valence-electron chi connectivity index (χ0n) is 16.5. The monoisotopic (exact) mass is 416 g/mol. The van der Waals surface area contributed by atoms with Crippen molar-refractivity contribution in [2.45, 2.75) is 38.3 Å². The molecular weight excluding hydrogens is 394 g/mol. The number of rotatable bonds is 5. The summed E-state index contributed by atoms with van der Waals surface area (Å²) < 4.78 is 29.9. The number of aromatic nitrogens is 3. The molecule has 2 aromatic heterocycles. The molecular formula is C20H22F2N6O2. The summed E-state index contributed by atoms with van der Waals surface area (Å²) in [4.78, 5) is 29.2. The molecule has 4 heterocycles. The van der Waals surface area contributed by atoms with Crippen LogP contribution >= 0.6 is 0 Å². The molecule has 0 spiro atoms. The lowest BCUT2D eigenvalue weighted by molar-refractivity contribution is -0.138. The highest BCUT2D eigenvalue weighted by molar-refractivity contribution is 5.75. The summed E-state index contributed by atoms with van der Waals surface area (Å²) in [5.41, 5.74) is 6.80. The minimum absolute atomic E-state index is 0.0969. The van der Waals surface area contributed by atoms with Crippen LogP contribution in [0.3, 0.4) is 0 Å². The van der Waals surface area contributed by atoms with Gasteiger partial charge in [-0.25, -0.2) is 15.0 Å². The minimum Gasteiger partial charge on any atom is -0.431 e. The molecule has 1 amide bonds. The number of fused-ring (bicyclic) bond motifs is 1. The van der Waals surface area contributed by atoms with E-state index in [0.29, 0.717) is 23.1 Å². The fourth-order valence-electron chi connectivity index (χ4n) is 4.26. The van der Waals surface area contributed by atoms with E-state index in [-0.39, 0.29) is 23.5 Å². The van der Waals surface area contributed by atoms with Crippen molar-refractivity contribution in [3.8, 4) is 17.0 Å². The van der Waals surface area contributed by atoms with Gasteiger partial charge in [-0.05, 0) is 18.9 Å². The normalized spacial score (nSPS) is 22.8. The van der Waals surface area contributed by atoms with E-state index in [2.05, 4.69) is 19.6 Å². The van der Waals surface area contributed by atoms with E-state index in [1.165, 1.54) is 12.3 Å². The molecule has 2 N–H and O–H groups in total. The minimum atomic E-state index is -2.99. The van der Waals surface area contributed by atoms with Crippen molar-refractivity contribution >= 4 is 17.5 Å². The Labute approximate surface area is 172 Å². The predicted molar refractivity (Wildman–Crippen MR) is 105 cm³/mol. The second-order valence-corrected chi connectivity index (χ2v) is 8.13. The molecule has 2 aliphatic heterocycles. The van der Waals surface area contributed by atoms with Gasteiger partial charge in [-0.1, -0.05) is 0 Å². The third-order valence-electron chi connectivity index (χ3n) is 6.03. The number of nitrogen functional groups attached to an aromatic ring is 1. The van der Waals surface area contributed by atoms with Crippen LogP contribution in [0.2, 0.25) is 0 Å². The summed E-state index contributed by atoms with van der Waals surface area (Å²) in [6, 6.07) is 3.49. The van der Waals surface area contributed by atoms with Gasteiger partial charge in [0.25, 0.3) is 0 Å². The van der Waals surface area contributed by atoms with E-state index in [1.54, 1.807) is 6.92 Å². The lowest BCUT2D eigenvalue weighted by atomic mass is 9.92. The van der Waals surface area contributed by atoms with Gasteiger partial charge in [0.1, 0.15) is 11.6 Å². The molecule has 2 unspecified atom stereocenters. The van der Waals surface area contributed by atoms with Gasteiger partial charge >= 0.3 is 6.61 Å². The molecule has 8 nitrogen and oxygen atoms in total. The molecule has 2 aromatic rings. The van der Waals surface area contributed by atoms with E-state index in [0.717, 1.165) is 44.1 Å². The molecule has 0 radical (unpaired) electrons. The second kappa shape index (κ2) is 7.03. The number of pyridine rings is 1. The van der Waals surface area contributed by atoms with Crippen molar-refractivity contribution in [3.63, 3.8) is 0 Å². The van der Waals surface area contributed by atoms with Gasteiger partial charge in [0.15, 0.2) is 11.6 Å². The number of anilines is 2. The van der Waals surface area contributed by atoms with E-state index >= 15 is 0 Å². The first kappa shape index (κ1) is 19.0. The average Bonchev–Trinajstić information content (AvgIpc) is 3.48. The van der Waals surface area contributed by atoms with Crippen LogP contribution in [0.1, 0.15) is 31.5 Å². The van der Waals surface area contributed by atoms with Gasteiger partial charge < -0.3 is 20.3 Å². The van der Waals surface area contributed by atoms with Gasteiger partial charge in [-0.15, -0.1) is 0 Å². The SMILES string of the molecule is CC(=O)N1CC2CN(c3cc(-c4cnc(N)c(OC(F)F)c4)nc(C4CC4)n3)CC21. The van der Waals surface area contributed by atoms with E-state index < -0.39 is 6.61 Å². The zero-order valence-corrected chi connectivity index (χ0v) is 16.5. The lowest BCUT2D eigenvalue weighted by Gasteiger charge is -2.42. The Morgan fingerprint density at radius 1 is 1.23 bits per heavy atom. The fourth-order valence-corrected chi connectivity index (χ4v) is 4.26. The third-order valence-corrected chi connectivity index (χ3v) is 6.03. The van der Waals surface area contributed by atoms with Crippen LogP contribution in [-0.4, -0.2) is 58.0 Å².